The molecule has 2 aromatic rings. The Balaban J connectivity index is 2.22. The van der Waals surface area contributed by atoms with Crippen LogP contribution in [-0.4, -0.2) is 4.98 Å². The third-order valence-electron chi connectivity index (χ3n) is 2.28. The van der Waals surface area contributed by atoms with E-state index in [0.717, 1.165) is 16.8 Å². The van der Waals surface area contributed by atoms with Gasteiger partial charge < -0.3 is 0 Å². The molecule has 0 saturated carbocycles. The SMILES string of the molecule is Cc1csc(Cc2cccc(C(F)(F)F)c2)n1. The van der Waals surface area contributed by atoms with Gasteiger partial charge in [-0.05, 0) is 18.6 Å². The quantitative estimate of drug-likeness (QED) is 0.790. The zero-order valence-electron chi connectivity index (χ0n) is 9.08. The minimum atomic E-state index is -4.28. The summed E-state index contributed by atoms with van der Waals surface area (Å²) < 4.78 is 37.5. The van der Waals surface area contributed by atoms with E-state index >= 15 is 0 Å². The monoisotopic (exact) mass is 257 g/mol. The molecule has 0 unspecified atom stereocenters. The van der Waals surface area contributed by atoms with Gasteiger partial charge in [0, 0.05) is 17.5 Å². The van der Waals surface area contributed by atoms with Crippen LogP contribution in [0.3, 0.4) is 0 Å². The highest BCUT2D eigenvalue weighted by Crippen LogP contribution is 2.30. The third kappa shape index (κ3) is 3.06. The van der Waals surface area contributed by atoms with E-state index in [2.05, 4.69) is 4.98 Å². The number of aryl methyl sites for hydroxylation is 1. The van der Waals surface area contributed by atoms with E-state index in [1.165, 1.54) is 23.5 Å². The van der Waals surface area contributed by atoms with Crippen molar-refractivity contribution in [3.05, 3.63) is 51.5 Å². The van der Waals surface area contributed by atoms with Crippen molar-refractivity contribution in [3.8, 4) is 0 Å². The van der Waals surface area contributed by atoms with Crippen LogP contribution in [0.25, 0.3) is 0 Å². The van der Waals surface area contributed by atoms with Gasteiger partial charge >= 0.3 is 6.18 Å². The second kappa shape index (κ2) is 4.49. The van der Waals surface area contributed by atoms with Gasteiger partial charge in [0.25, 0.3) is 0 Å². The Labute approximate surface area is 101 Å². The molecule has 0 bridgehead atoms. The fourth-order valence-electron chi connectivity index (χ4n) is 1.52. The van der Waals surface area contributed by atoms with Gasteiger partial charge in [0.1, 0.15) is 0 Å². The number of nitrogens with zero attached hydrogens (tertiary/aromatic N) is 1. The molecular formula is C12H10F3NS. The van der Waals surface area contributed by atoms with E-state index in [0.29, 0.717) is 12.0 Å². The van der Waals surface area contributed by atoms with Gasteiger partial charge in [-0.3, -0.25) is 0 Å². The average Bonchev–Trinajstić information content (AvgIpc) is 2.63. The Hall–Kier alpha value is -1.36. The van der Waals surface area contributed by atoms with Crippen molar-refractivity contribution >= 4 is 11.3 Å². The molecule has 0 spiro atoms. The zero-order chi connectivity index (χ0) is 12.5. The molecule has 0 atom stereocenters. The summed E-state index contributed by atoms with van der Waals surface area (Å²) in [7, 11) is 0. The summed E-state index contributed by atoms with van der Waals surface area (Å²) in [5.41, 5.74) is 0.925. The maximum atomic E-state index is 12.5. The Bertz CT molecular complexity index is 516. The summed E-state index contributed by atoms with van der Waals surface area (Å²) in [5, 5.41) is 2.73. The number of aromatic nitrogens is 1. The molecule has 0 amide bonds. The molecule has 2 rings (SSSR count). The van der Waals surface area contributed by atoms with Crippen LogP contribution in [0.1, 0.15) is 21.8 Å². The Kier molecular flexibility index (Phi) is 3.19. The molecular weight excluding hydrogens is 247 g/mol. The Morgan fingerprint density at radius 1 is 1.29 bits per heavy atom. The summed E-state index contributed by atoms with van der Waals surface area (Å²) >= 11 is 1.47. The summed E-state index contributed by atoms with van der Waals surface area (Å²) in [4.78, 5) is 4.24. The van der Waals surface area contributed by atoms with Crippen molar-refractivity contribution in [1.29, 1.82) is 0 Å². The molecule has 0 fully saturated rings. The predicted molar refractivity (Wildman–Crippen MR) is 61.1 cm³/mol. The van der Waals surface area contributed by atoms with Crippen LogP contribution >= 0.6 is 11.3 Å². The number of halogens is 3. The Morgan fingerprint density at radius 3 is 2.65 bits per heavy atom. The first kappa shape index (κ1) is 12.1. The fourth-order valence-corrected chi connectivity index (χ4v) is 2.32. The second-order valence-electron chi connectivity index (χ2n) is 3.76. The number of alkyl halides is 3. The summed E-state index contributed by atoms with van der Waals surface area (Å²) in [6.45, 7) is 1.87. The van der Waals surface area contributed by atoms with Gasteiger partial charge in [-0.1, -0.05) is 18.2 Å². The first-order chi connectivity index (χ1) is 7.95. The van der Waals surface area contributed by atoms with E-state index in [4.69, 9.17) is 0 Å². The molecule has 0 N–H and O–H groups in total. The minimum absolute atomic E-state index is 0.447. The van der Waals surface area contributed by atoms with Crippen LogP contribution in [0.2, 0.25) is 0 Å². The van der Waals surface area contributed by atoms with E-state index in [9.17, 15) is 13.2 Å². The van der Waals surface area contributed by atoms with Gasteiger partial charge in [0.2, 0.25) is 0 Å². The number of benzene rings is 1. The lowest BCUT2D eigenvalue weighted by molar-refractivity contribution is -0.137. The van der Waals surface area contributed by atoms with Crippen molar-refractivity contribution in [1.82, 2.24) is 4.98 Å². The van der Waals surface area contributed by atoms with Gasteiger partial charge in [-0.15, -0.1) is 11.3 Å². The highest BCUT2D eigenvalue weighted by molar-refractivity contribution is 7.09. The van der Waals surface area contributed by atoms with Crippen molar-refractivity contribution in [2.45, 2.75) is 19.5 Å². The van der Waals surface area contributed by atoms with Gasteiger partial charge in [0.05, 0.1) is 10.6 Å². The topological polar surface area (TPSA) is 12.9 Å². The highest BCUT2D eigenvalue weighted by atomic mass is 32.1. The molecule has 5 heteroatoms. The molecule has 1 aromatic heterocycles. The summed E-state index contributed by atoms with van der Waals surface area (Å²) in [6, 6.07) is 5.37. The molecule has 1 nitrogen and oxygen atoms in total. The normalized spacial score (nSPS) is 11.8. The zero-order valence-corrected chi connectivity index (χ0v) is 9.90. The fraction of sp³-hybridized carbons (Fsp3) is 0.250. The number of rotatable bonds is 2. The molecule has 0 aliphatic heterocycles. The maximum Gasteiger partial charge on any atom is 0.416 e. The predicted octanol–water partition coefficient (Wildman–Crippen LogP) is 4.06. The van der Waals surface area contributed by atoms with Crippen molar-refractivity contribution < 1.29 is 13.2 Å². The lowest BCUT2D eigenvalue weighted by atomic mass is 10.1. The van der Waals surface area contributed by atoms with Gasteiger partial charge in [-0.2, -0.15) is 13.2 Å². The van der Waals surface area contributed by atoms with Crippen LogP contribution in [-0.2, 0) is 12.6 Å². The lowest BCUT2D eigenvalue weighted by Crippen LogP contribution is -2.05. The van der Waals surface area contributed by atoms with Crippen LogP contribution in [0.4, 0.5) is 13.2 Å². The number of thiazole rings is 1. The minimum Gasteiger partial charge on any atom is -0.246 e. The number of hydrogen-bond acceptors (Lipinski definition) is 2. The van der Waals surface area contributed by atoms with Crippen molar-refractivity contribution in [2.75, 3.05) is 0 Å². The third-order valence-corrected chi connectivity index (χ3v) is 3.24. The molecule has 90 valence electrons. The first-order valence-electron chi connectivity index (χ1n) is 5.02. The second-order valence-corrected chi connectivity index (χ2v) is 4.70. The number of hydrogen-bond donors (Lipinski definition) is 0. The maximum absolute atomic E-state index is 12.5. The summed E-state index contributed by atoms with van der Waals surface area (Å²) in [6.07, 6.45) is -3.84. The van der Waals surface area contributed by atoms with Gasteiger partial charge in [0.15, 0.2) is 0 Å². The largest absolute Gasteiger partial charge is 0.416 e. The molecule has 0 aliphatic carbocycles. The van der Waals surface area contributed by atoms with Crippen LogP contribution in [0, 0.1) is 6.92 Å². The Morgan fingerprint density at radius 2 is 2.06 bits per heavy atom. The molecule has 0 saturated heterocycles. The van der Waals surface area contributed by atoms with E-state index in [-0.39, 0.29) is 0 Å². The molecule has 0 radical (unpaired) electrons. The first-order valence-corrected chi connectivity index (χ1v) is 5.90. The molecule has 1 heterocycles. The van der Waals surface area contributed by atoms with E-state index in [1.54, 1.807) is 6.07 Å². The van der Waals surface area contributed by atoms with Crippen molar-refractivity contribution in [3.63, 3.8) is 0 Å². The van der Waals surface area contributed by atoms with Crippen LogP contribution < -0.4 is 0 Å². The van der Waals surface area contributed by atoms with Crippen LogP contribution in [0.5, 0.6) is 0 Å². The molecule has 1 aromatic carbocycles. The van der Waals surface area contributed by atoms with Crippen LogP contribution in [0.15, 0.2) is 29.6 Å². The molecule has 0 aliphatic rings. The smallest absolute Gasteiger partial charge is 0.246 e. The highest BCUT2D eigenvalue weighted by Gasteiger charge is 2.30. The van der Waals surface area contributed by atoms with E-state index < -0.39 is 11.7 Å². The van der Waals surface area contributed by atoms with E-state index in [1.807, 2.05) is 12.3 Å². The van der Waals surface area contributed by atoms with Gasteiger partial charge in [-0.25, -0.2) is 4.98 Å². The average molecular weight is 257 g/mol. The lowest BCUT2D eigenvalue weighted by Gasteiger charge is -2.07. The molecule has 17 heavy (non-hydrogen) atoms. The summed E-state index contributed by atoms with van der Waals surface area (Å²) in [5.74, 6) is 0. The standard InChI is InChI=1S/C12H10F3NS/c1-8-7-17-11(16-8)6-9-3-2-4-10(5-9)12(13,14)15/h2-5,7H,6H2,1H3. The van der Waals surface area contributed by atoms with Crippen molar-refractivity contribution in [2.24, 2.45) is 0 Å².